The Kier molecular flexibility index (Phi) is 5.09. The summed E-state index contributed by atoms with van der Waals surface area (Å²) in [6.07, 6.45) is 0. The van der Waals surface area contributed by atoms with E-state index in [1.165, 1.54) is 15.6 Å². The van der Waals surface area contributed by atoms with Gasteiger partial charge in [-0.15, -0.1) is 11.3 Å². The second-order valence-corrected chi connectivity index (χ2v) is 9.70. The topological polar surface area (TPSA) is 57.7 Å². The molecule has 1 aliphatic rings. The Morgan fingerprint density at radius 3 is 2.29 bits per heavy atom. The van der Waals surface area contributed by atoms with E-state index in [9.17, 15) is 13.2 Å². The van der Waals surface area contributed by atoms with Crippen molar-refractivity contribution in [2.75, 3.05) is 4.31 Å². The summed E-state index contributed by atoms with van der Waals surface area (Å²) < 4.78 is 28.8. The van der Waals surface area contributed by atoms with Crippen LogP contribution < -0.4 is 4.31 Å². The number of halogens is 2. The van der Waals surface area contributed by atoms with Gasteiger partial charge in [-0.3, -0.25) is 4.79 Å². The van der Waals surface area contributed by atoms with Crippen molar-refractivity contribution in [2.24, 2.45) is 0 Å². The Labute approximate surface area is 176 Å². The van der Waals surface area contributed by atoms with E-state index in [-0.39, 0.29) is 13.1 Å². The van der Waals surface area contributed by atoms with Crippen molar-refractivity contribution in [2.45, 2.75) is 13.1 Å². The lowest BCUT2D eigenvalue weighted by Gasteiger charge is -2.35. The first-order valence-electron chi connectivity index (χ1n) is 8.28. The summed E-state index contributed by atoms with van der Waals surface area (Å²) in [6.45, 7) is 0.0126. The van der Waals surface area contributed by atoms with E-state index in [0.29, 0.717) is 26.2 Å². The van der Waals surface area contributed by atoms with Crippen LogP contribution >= 0.6 is 34.5 Å². The van der Waals surface area contributed by atoms with E-state index in [4.69, 9.17) is 23.2 Å². The SMILES string of the molecule is O=C1c2sccc2N(Cc2ccc(Cl)c(Cl)c2)S(=O)(=O)N1Cc1ccccc1. The largest absolute Gasteiger partial charge is 0.329 e. The third-order valence-corrected chi connectivity index (χ3v) is 7.74. The van der Waals surface area contributed by atoms with Crippen LogP contribution in [0.1, 0.15) is 20.8 Å². The van der Waals surface area contributed by atoms with Crippen molar-refractivity contribution in [1.82, 2.24) is 4.31 Å². The molecule has 2 aromatic carbocycles. The number of nitrogens with zero attached hydrogens (tertiary/aromatic N) is 2. The minimum absolute atomic E-state index is 0.0305. The number of hydrogen-bond donors (Lipinski definition) is 0. The van der Waals surface area contributed by atoms with E-state index in [1.54, 1.807) is 53.9 Å². The fraction of sp³-hybridized carbons (Fsp3) is 0.105. The van der Waals surface area contributed by atoms with Crippen LogP contribution in [0.3, 0.4) is 0 Å². The predicted octanol–water partition coefficient (Wildman–Crippen LogP) is 4.96. The molecule has 1 amide bonds. The molecule has 4 rings (SSSR count). The maximum absolute atomic E-state index is 13.3. The van der Waals surface area contributed by atoms with Gasteiger partial charge in [0.2, 0.25) is 0 Å². The van der Waals surface area contributed by atoms with E-state index in [2.05, 4.69) is 0 Å². The summed E-state index contributed by atoms with van der Waals surface area (Å²) in [7, 11) is -4.07. The van der Waals surface area contributed by atoms with Gasteiger partial charge in [-0.1, -0.05) is 59.6 Å². The number of rotatable bonds is 4. The molecule has 0 aliphatic carbocycles. The Morgan fingerprint density at radius 2 is 1.57 bits per heavy atom. The molecule has 28 heavy (non-hydrogen) atoms. The first kappa shape index (κ1) is 19.3. The van der Waals surface area contributed by atoms with Crippen molar-refractivity contribution >= 4 is 56.3 Å². The highest BCUT2D eigenvalue weighted by Crippen LogP contribution is 2.38. The van der Waals surface area contributed by atoms with Crippen LogP contribution in [-0.4, -0.2) is 18.6 Å². The minimum Gasteiger partial charge on any atom is -0.267 e. The number of benzene rings is 2. The molecule has 5 nitrogen and oxygen atoms in total. The summed E-state index contributed by atoms with van der Waals surface area (Å²) in [5.41, 5.74) is 1.78. The van der Waals surface area contributed by atoms with Crippen molar-refractivity contribution in [1.29, 1.82) is 0 Å². The Balaban J connectivity index is 1.75. The summed E-state index contributed by atoms with van der Waals surface area (Å²) in [5, 5.41) is 2.45. The molecule has 1 aromatic heterocycles. The van der Waals surface area contributed by atoms with Crippen LogP contribution in [0.25, 0.3) is 0 Å². The van der Waals surface area contributed by atoms with Crippen molar-refractivity contribution < 1.29 is 13.2 Å². The van der Waals surface area contributed by atoms with Gasteiger partial charge in [0.05, 0.1) is 28.8 Å². The third-order valence-electron chi connectivity index (χ3n) is 4.37. The number of hydrogen-bond acceptors (Lipinski definition) is 4. The second-order valence-electron chi connectivity index (χ2n) is 6.20. The lowest BCUT2D eigenvalue weighted by molar-refractivity contribution is 0.0855. The van der Waals surface area contributed by atoms with Crippen molar-refractivity contribution in [3.05, 3.63) is 86.0 Å². The van der Waals surface area contributed by atoms with Gasteiger partial charge in [0.1, 0.15) is 4.88 Å². The van der Waals surface area contributed by atoms with E-state index >= 15 is 0 Å². The number of carbonyl (C=O) groups excluding carboxylic acids is 1. The summed E-state index contributed by atoms with van der Waals surface area (Å²) in [4.78, 5) is 13.3. The summed E-state index contributed by atoms with van der Waals surface area (Å²) in [5.74, 6) is -0.515. The van der Waals surface area contributed by atoms with E-state index < -0.39 is 16.1 Å². The molecule has 0 N–H and O–H groups in total. The first-order chi connectivity index (χ1) is 13.4. The second kappa shape index (κ2) is 7.40. The molecule has 0 unspecified atom stereocenters. The maximum atomic E-state index is 13.3. The molecule has 0 saturated heterocycles. The molecule has 1 aliphatic heterocycles. The van der Waals surface area contributed by atoms with Gasteiger partial charge in [0, 0.05) is 0 Å². The summed E-state index contributed by atoms with van der Waals surface area (Å²) in [6, 6.07) is 15.6. The van der Waals surface area contributed by atoms with Gasteiger partial charge in [-0.05, 0) is 34.7 Å². The lowest BCUT2D eigenvalue weighted by Crippen LogP contribution is -2.50. The highest BCUT2D eigenvalue weighted by molar-refractivity contribution is 7.91. The highest BCUT2D eigenvalue weighted by Gasteiger charge is 2.42. The molecule has 9 heteroatoms. The van der Waals surface area contributed by atoms with Crippen molar-refractivity contribution in [3.8, 4) is 0 Å². The van der Waals surface area contributed by atoms with Gasteiger partial charge in [0.15, 0.2) is 0 Å². The quantitative estimate of drug-likeness (QED) is 0.561. The number of fused-ring (bicyclic) bond motifs is 1. The van der Waals surface area contributed by atoms with Gasteiger partial charge >= 0.3 is 10.2 Å². The summed E-state index contributed by atoms with van der Waals surface area (Å²) >= 11 is 13.3. The Hall–Kier alpha value is -2.06. The average molecular weight is 453 g/mol. The highest BCUT2D eigenvalue weighted by atomic mass is 35.5. The standard InChI is InChI=1S/C19H14Cl2N2O3S2/c20-15-7-6-14(10-16(15)21)12-22-17-8-9-27-18(17)19(24)23(28(22,25)26)11-13-4-2-1-3-5-13/h1-10H,11-12H2. The van der Waals surface area contributed by atoms with Crippen LogP contribution in [0.4, 0.5) is 5.69 Å². The fourth-order valence-corrected chi connectivity index (χ4v) is 5.84. The minimum atomic E-state index is -4.07. The van der Waals surface area contributed by atoms with Gasteiger partial charge in [-0.2, -0.15) is 8.42 Å². The average Bonchev–Trinajstić information content (AvgIpc) is 3.16. The van der Waals surface area contributed by atoms with Crippen molar-refractivity contribution in [3.63, 3.8) is 0 Å². The first-order valence-corrected chi connectivity index (χ1v) is 11.3. The predicted molar refractivity (Wildman–Crippen MR) is 112 cm³/mol. The van der Waals surface area contributed by atoms with Gasteiger partial charge in [0.25, 0.3) is 5.91 Å². The molecular weight excluding hydrogens is 439 g/mol. The molecule has 3 aromatic rings. The molecule has 0 fully saturated rings. The number of anilines is 1. The van der Waals surface area contributed by atoms with Crippen LogP contribution in [0.15, 0.2) is 60.0 Å². The van der Waals surface area contributed by atoms with E-state index in [1.807, 2.05) is 6.07 Å². The van der Waals surface area contributed by atoms with E-state index in [0.717, 1.165) is 9.87 Å². The molecule has 0 saturated carbocycles. The molecule has 2 heterocycles. The number of carbonyl (C=O) groups is 1. The monoisotopic (exact) mass is 452 g/mol. The van der Waals surface area contributed by atoms with Crippen LogP contribution in [0.2, 0.25) is 10.0 Å². The Bertz CT molecular complexity index is 1150. The zero-order valence-corrected chi connectivity index (χ0v) is 17.5. The van der Waals surface area contributed by atoms with Crippen LogP contribution in [0.5, 0.6) is 0 Å². The maximum Gasteiger partial charge on any atom is 0.329 e. The zero-order chi connectivity index (χ0) is 19.9. The number of amides is 1. The smallest absolute Gasteiger partial charge is 0.267 e. The fourth-order valence-electron chi connectivity index (χ4n) is 2.99. The van der Waals surface area contributed by atoms with Crippen LogP contribution in [-0.2, 0) is 23.3 Å². The molecule has 0 bridgehead atoms. The molecular formula is C19H14Cl2N2O3S2. The molecule has 0 radical (unpaired) electrons. The third kappa shape index (κ3) is 3.39. The zero-order valence-electron chi connectivity index (χ0n) is 14.4. The molecule has 0 atom stereocenters. The lowest BCUT2D eigenvalue weighted by atomic mass is 10.2. The number of thiophene rings is 1. The Morgan fingerprint density at radius 1 is 0.857 bits per heavy atom. The molecule has 0 spiro atoms. The van der Waals surface area contributed by atoms with Gasteiger partial charge in [-0.25, -0.2) is 8.61 Å². The normalized spacial score (nSPS) is 15.6. The van der Waals surface area contributed by atoms with Crippen LogP contribution in [0, 0.1) is 0 Å². The molecule has 144 valence electrons. The van der Waals surface area contributed by atoms with Gasteiger partial charge < -0.3 is 0 Å².